The third-order valence-corrected chi connectivity index (χ3v) is 4.31. The van der Waals surface area contributed by atoms with E-state index >= 15 is 0 Å². The number of aromatic nitrogens is 1. The lowest BCUT2D eigenvalue weighted by molar-refractivity contribution is -0.166. The highest BCUT2D eigenvalue weighted by Crippen LogP contribution is 2.34. The minimum absolute atomic E-state index is 0.00534. The van der Waals surface area contributed by atoms with Crippen LogP contribution in [0.25, 0.3) is 11.3 Å². The van der Waals surface area contributed by atoms with Gasteiger partial charge in [0, 0.05) is 23.6 Å². The Labute approximate surface area is 157 Å². The second kappa shape index (κ2) is 7.19. The van der Waals surface area contributed by atoms with Crippen LogP contribution in [0.4, 0.5) is 13.2 Å². The minimum Gasteiger partial charge on any atom is -0.463 e. The maximum absolute atomic E-state index is 14.3. The maximum atomic E-state index is 14.3. The van der Waals surface area contributed by atoms with Gasteiger partial charge in [0.1, 0.15) is 17.3 Å². The summed E-state index contributed by atoms with van der Waals surface area (Å²) in [6.07, 6.45) is 0.802. The second-order valence-corrected chi connectivity index (χ2v) is 6.46. The predicted molar refractivity (Wildman–Crippen MR) is 91.8 cm³/mol. The molecule has 0 radical (unpaired) electrons. The van der Waals surface area contributed by atoms with Crippen LogP contribution in [0.5, 0.6) is 0 Å². The normalized spacial score (nSPS) is 18.8. The lowest BCUT2D eigenvalue weighted by atomic mass is 9.94. The second-order valence-electron chi connectivity index (χ2n) is 6.05. The minimum atomic E-state index is -1.34. The Bertz CT molecular complexity index is 952. The molecule has 142 valence electrons. The number of oxime groups is 1. The van der Waals surface area contributed by atoms with Gasteiger partial charge in [-0.15, -0.1) is 0 Å². The summed E-state index contributed by atoms with van der Waals surface area (Å²) in [5.41, 5.74) is -1.44. The van der Waals surface area contributed by atoms with Gasteiger partial charge < -0.3 is 9.57 Å². The molecule has 27 heavy (non-hydrogen) atoms. The molecule has 9 heteroatoms. The first-order valence-corrected chi connectivity index (χ1v) is 8.36. The summed E-state index contributed by atoms with van der Waals surface area (Å²) < 4.78 is 46.4. The number of hydrogen-bond donors (Lipinski definition) is 0. The molecule has 1 aliphatic heterocycles. The Balaban J connectivity index is 1.99. The topological polar surface area (TPSA) is 60.8 Å². The van der Waals surface area contributed by atoms with Crippen LogP contribution in [-0.4, -0.2) is 28.9 Å². The van der Waals surface area contributed by atoms with E-state index in [-0.39, 0.29) is 40.6 Å². The number of halogens is 4. The van der Waals surface area contributed by atoms with Gasteiger partial charge in [0.25, 0.3) is 0 Å². The number of carbonyl (C=O) groups is 1. The monoisotopic (exact) mass is 398 g/mol. The average molecular weight is 399 g/mol. The fraction of sp³-hybridized carbons (Fsp3) is 0.278. The summed E-state index contributed by atoms with van der Waals surface area (Å²) in [5, 5.41) is 3.85. The van der Waals surface area contributed by atoms with Gasteiger partial charge in [-0.2, -0.15) is 0 Å². The zero-order chi connectivity index (χ0) is 19.8. The van der Waals surface area contributed by atoms with Gasteiger partial charge >= 0.3 is 5.97 Å². The van der Waals surface area contributed by atoms with Crippen molar-refractivity contribution in [2.75, 3.05) is 6.61 Å². The molecule has 2 aromatic rings. The molecule has 0 saturated carbocycles. The molecule has 0 aliphatic carbocycles. The molecular weight excluding hydrogens is 385 g/mol. The van der Waals surface area contributed by atoms with Crippen LogP contribution in [0.1, 0.15) is 25.8 Å². The Morgan fingerprint density at radius 2 is 2.00 bits per heavy atom. The lowest BCUT2D eigenvalue weighted by Crippen LogP contribution is -2.37. The SMILES string of the molecule is CCOC(=O)C1(C)CC(c2cc(-c3ncc(F)cc3F)c(F)cc2Cl)=NO1. The number of esters is 1. The Morgan fingerprint density at radius 1 is 1.26 bits per heavy atom. The van der Waals surface area contributed by atoms with Gasteiger partial charge in [-0.05, 0) is 26.0 Å². The molecule has 1 atom stereocenters. The van der Waals surface area contributed by atoms with Crippen LogP contribution >= 0.6 is 11.6 Å². The highest BCUT2D eigenvalue weighted by molar-refractivity contribution is 6.34. The summed E-state index contributed by atoms with van der Waals surface area (Å²) in [5.74, 6) is -3.35. The summed E-state index contributed by atoms with van der Waals surface area (Å²) in [6.45, 7) is 3.33. The van der Waals surface area contributed by atoms with Gasteiger partial charge in [-0.1, -0.05) is 16.8 Å². The van der Waals surface area contributed by atoms with E-state index in [0.29, 0.717) is 6.07 Å². The summed E-state index contributed by atoms with van der Waals surface area (Å²) in [6, 6.07) is 2.81. The molecule has 0 spiro atoms. The van der Waals surface area contributed by atoms with Crippen LogP contribution < -0.4 is 0 Å². The van der Waals surface area contributed by atoms with Crippen molar-refractivity contribution >= 4 is 23.3 Å². The standard InChI is InChI=1S/C18H14ClF3N2O3/c1-3-26-17(25)18(2)7-15(24-27-18)10-5-11(13(21)6-12(10)19)16-14(22)4-9(20)8-23-16/h4-6,8H,3,7H2,1-2H3. The number of carbonyl (C=O) groups excluding carboxylic acids is 1. The summed E-state index contributed by atoms with van der Waals surface area (Å²) in [4.78, 5) is 20.9. The van der Waals surface area contributed by atoms with Crippen LogP contribution in [0.2, 0.25) is 5.02 Å². The van der Waals surface area contributed by atoms with Crippen LogP contribution in [0.15, 0.2) is 29.6 Å². The van der Waals surface area contributed by atoms with Gasteiger partial charge in [-0.3, -0.25) is 4.98 Å². The molecular formula is C18H14ClF3N2O3. The molecule has 0 saturated heterocycles. The number of ether oxygens (including phenoxy) is 1. The molecule has 5 nitrogen and oxygen atoms in total. The predicted octanol–water partition coefficient (Wildman–Crippen LogP) is 4.27. The lowest BCUT2D eigenvalue weighted by Gasteiger charge is -2.18. The fourth-order valence-corrected chi connectivity index (χ4v) is 2.90. The summed E-state index contributed by atoms with van der Waals surface area (Å²) in [7, 11) is 0. The van der Waals surface area contributed by atoms with Gasteiger partial charge in [-0.25, -0.2) is 18.0 Å². The molecule has 1 aromatic carbocycles. The van der Waals surface area contributed by atoms with Crippen LogP contribution in [-0.2, 0) is 14.4 Å². The third-order valence-electron chi connectivity index (χ3n) is 4.00. The fourth-order valence-electron chi connectivity index (χ4n) is 2.64. The van der Waals surface area contributed by atoms with Crippen molar-refractivity contribution in [1.29, 1.82) is 0 Å². The quantitative estimate of drug-likeness (QED) is 0.722. The van der Waals surface area contributed by atoms with Crippen LogP contribution in [0, 0.1) is 17.5 Å². The average Bonchev–Trinajstić information content (AvgIpc) is 2.99. The highest BCUT2D eigenvalue weighted by atomic mass is 35.5. The van der Waals surface area contributed by atoms with E-state index in [4.69, 9.17) is 21.2 Å². The molecule has 0 fully saturated rings. The zero-order valence-electron chi connectivity index (χ0n) is 14.4. The number of pyridine rings is 1. The van der Waals surface area contributed by atoms with Crippen molar-refractivity contribution in [1.82, 2.24) is 4.98 Å². The van der Waals surface area contributed by atoms with E-state index in [9.17, 15) is 18.0 Å². The number of benzene rings is 1. The van der Waals surface area contributed by atoms with E-state index in [1.807, 2.05) is 0 Å². The molecule has 2 heterocycles. The smallest absolute Gasteiger partial charge is 0.353 e. The van der Waals surface area contributed by atoms with Crippen molar-refractivity contribution in [3.8, 4) is 11.3 Å². The number of nitrogens with zero attached hydrogens (tertiary/aromatic N) is 2. The van der Waals surface area contributed by atoms with E-state index in [1.165, 1.54) is 13.0 Å². The first-order chi connectivity index (χ1) is 12.7. The first kappa shape index (κ1) is 19.2. The van der Waals surface area contributed by atoms with Crippen molar-refractivity contribution in [2.45, 2.75) is 25.9 Å². The van der Waals surface area contributed by atoms with E-state index in [1.54, 1.807) is 6.92 Å². The summed E-state index contributed by atoms with van der Waals surface area (Å²) >= 11 is 6.10. The van der Waals surface area contributed by atoms with Gasteiger partial charge in [0.2, 0.25) is 5.60 Å². The molecule has 1 aliphatic rings. The molecule has 1 unspecified atom stereocenters. The van der Waals surface area contributed by atoms with Crippen molar-refractivity contribution in [3.63, 3.8) is 0 Å². The van der Waals surface area contributed by atoms with E-state index in [0.717, 1.165) is 12.3 Å². The van der Waals surface area contributed by atoms with Crippen molar-refractivity contribution in [2.24, 2.45) is 5.16 Å². The van der Waals surface area contributed by atoms with E-state index in [2.05, 4.69) is 10.1 Å². The first-order valence-electron chi connectivity index (χ1n) is 7.98. The molecule has 0 N–H and O–H groups in total. The number of hydrogen-bond acceptors (Lipinski definition) is 5. The van der Waals surface area contributed by atoms with Gasteiger partial charge in [0.15, 0.2) is 5.82 Å². The zero-order valence-corrected chi connectivity index (χ0v) is 15.1. The van der Waals surface area contributed by atoms with E-state index < -0.39 is 29.0 Å². The molecule has 0 amide bonds. The largest absolute Gasteiger partial charge is 0.463 e. The Kier molecular flexibility index (Phi) is 5.10. The molecule has 0 bridgehead atoms. The van der Waals surface area contributed by atoms with Crippen LogP contribution in [0.3, 0.4) is 0 Å². The third kappa shape index (κ3) is 3.62. The van der Waals surface area contributed by atoms with Crippen molar-refractivity contribution in [3.05, 3.63) is 52.4 Å². The maximum Gasteiger partial charge on any atom is 0.353 e. The van der Waals surface area contributed by atoms with Crippen molar-refractivity contribution < 1.29 is 27.5 Å². The highest BCUT2D eigenvalue weighted by Gasteiger charge is 2.44. The Hall–Kier alpha value is -2.61. The molecule has 3 rings (SSSR count). The Morgan fingerprint density at radius 3 is 2.67 bits per heavy atom. The number of rotatable bonds is 4. The molecule has 1 aromatic heterocycles. The van der Waals surface area contributed by atoms with Gasteiger partial charge in [0.05, 0.1) is 23.5 Å².